The van der Waals surface area contributed by atoms with Crippen molar-refractivity contribution < 1.29 is 23.5 Å². The Morgan fingerprint density at radius 2 is 2.07 bits per heavy atom. The van der Waals surface area contributed by atoms with Crippen molar-refractivity contribution in [1.82, 2.24) is 10.3 Å². The molecule has 28 heavy (non-hydrogen) atoms. The first-order valence-corrected chi connectivity index (χ1v) is 9.44. The van der Waals surface area contributed by atoms with Crippen LogP contribution in [0.15, 0.2) is 40.1 Å². The first kappa shape index (κ1) is 19.6. The van der Waals surface area contributed by atoms with Gasteiger partial charge in [-0.1, -0.05) is 6.07 Å². The van der Waals surface area contributed by atoms with E-state index in [4.69, 9.17) is 13.9 Å². The lowest BCUT2D eigenvalue weighted by Gasteiger charge is -2.07. The van der Waals surface area contributed by atoms with E-state index in [1.165, 1.54) is 7.11 Å². The van der Waals surface area contributed by atoms with Gasteiger partial charge in [-0.15, -0.1) is 11.3 Å². The van der Waals surface area contributed by atoms with E-state index < -0.39 is 5.97 Å². The zero-order valence-electron chi connectivity index (χ0n) is 15.8. The second kappa shape index (κ2) is 8.71. The Morgan fingerprint density at radius 1 is 1.25 bits per heavy atom. The van der Waals surface area contributed by atoms with Gasteiger partial charge in [0.25, 0.3) is 5.91 Å². The van der Waals surface area contributed by atoms with Crippen LogP contribution in [0, 0.1) is 13.8 Å². The zero-order valence-corrected chi connectivity index (χ0v) is 16.6. The summed E-state index contributed by atoms with van der Waals surface area (Å²) >= 11 is 1.56. The van der Waals surface area contributed by atoms with Gasteiger partial charge >= 0.3 is 5.97 Å². The lowest BCUT2D eigenvalue weighted by molar-refractivity contribution is 0.0598. The second-order valence-corrected chi connectivity index (χ2v) is 7.09. The summed E-state index contributed by atoms with van der Waals surface area (Å²) < 4.78 is 15.9. The van der Waals surface area contributed by atoms with Crippen molar-refractivity contribution in [3.63, 3.8) is 0 Å². The fraction of sp³-hybridized carbons (Fsp3) is 0.250. The van der Waals surface area contributed by atoms with Gasteiger partial charge in [0, 0.05) is 10.9 Å². The molecule has 8 heteroatoms. The van der Waals surface area contributed by atoms with Crippen LogP contribution in [0.2, 0.25) is 0 Å². The molecule has 0 saturated carbocycles. The van der Waals surface area contributed by atoms with Crippen molar-refractivity contribution in [2.24, 2.45) is 0 Å². The minimum atomic E-state index is -0.473. The SMILES string of the molecule is COC(=O)c1cc(CNC(=O)c2cccc(OCc3csc(C)n3)c2)oc1C. The number of ether oxygens (including phenoxy) is 2. The van der Waals surface area contributed by atoms with Crippen LogP contribution in [0.1, 0.15) is 42.9 Å². The topological polar surface area (TPSA) is 90.7 Å². The van der Waals surface area contributed by atoms with Crippen molar-refractivity contribution in [1.29, 1.82) is 0 Å². The number of carbonyl (C=O) groups excluding carboxylic acids is 2. The summed E-state index contributed by atoms with van der Waals surface area (Å²) in [5.74, 6) is 0.754. The highest BCUT2D eigenvalue weighted by Crippen LogP contribution is 2.18. The van der Waals surface area contributed by atoms with E-state index in [1.54, 1.807) is 48.6 Å². The molecule has 0 aliphatic carbocycles. The summed E-state index contributed by atoms with van der Waals surface area (Å²) in [6, 6.07) is 8.47. The fourth-order valence-corrected chi connectivity index (χ4v) is 3.17. The molecule has 1 aromatic carbocycles. The molecular weight excluding hydrogens is 380 g/mol. The molecule has 0 spiro atoms. The van der Waals surface area contributed by atoms with E-state index in [9.17, 15) is 9.59 Å². The molecule has 1 amide bonds. The van der Waals surface area contributed by atoms with Crippen molar-refractivity contribution in [2.75, 3.05) is 7.11 Å². The summed E-state index contributed by atoms with van der Waals surface area (Å²) in [4.78, 5) is 28.4. The highest BCUT2D eigenvalue weighted by atomic mass is 32.1. The van der Waals surface area contributed by atoms with Crippen molar-refractivity contribution in [3.05, 3.63) is 69.1 Å². The Labute approximate surface area is 166 Å². The standard InChI is InChI=1S/C20H20N2O5S/c1-12-18(20(24)25-3)8-17(27-12)9-21-19(23)14-5-4-6-16(7-14)26-10-15-11-28-13(2)22-15/h4-8,11H,9-10H2,1-3H3,(H,21,23). The number of amides is 1. The molecule has 2 aromatic heterocycles. The Morgan fingerprint density at radius 3 is 2.79 bits per heavy atom. The molecule has 2 heterocycles. The Balaban J connectivity index is 1.59. The lowest BCUT2D eigenvalue weighted by atomic mass is 10.2. The van der Waals surface area contributed by atoms with Crippen LogP contribution in [-0.2, 0) is 17.9 Å². The van der Waals surface area contributed by atoms with Gasteiger partial charge in [0.05, 0.1) is 24.4 Å². The third-order valence-corrected chi connectivity index (χ3v) is 4.77. The van der Waals surface area contributed by atoms with Crippen molar-refractivity contribution in [2.45, 2.75) is 27.0 Å². The zero-order chi connectivity index (χ0) is 20.1. The molecule has 0 fully saturated rings. The number of hydrogen-bond donors (Lipinski definition) is 1. The average molecular weight is 400 g/mol. The molecule has 3 aromatic rings. The van der Waals surface area contributed by atoms with E-state index in [0.717, 1.165) is 10.7 Å². The maximum absolute atomic E-state index is 12.4. The van der Waals surface area contributed by atoms with Crippen molar-refractivity contribution in [3.8, 4) is 5.75 Å². The van der Waals surface area contributed by atoms with Gasteiger partial charge in [-0.2, -0.15) is 0 Å². The van der Waals surface area contributed by atoms with Gasteiger partial charge in [-0.3, -0.25) is 4.79 Å². The Hall–Kier alpha value is -3.13. The number of aromatic nitrogens is 1. The number of esters is 1. The molecule has 7 nitrogen and oxygen atoms in total. The number of furan rings is 1. The Bertz CT molecular complexity index is 992. The maximum atomic E-state index is 12.4. The molecule has 146 valence electrons. The molecule has 0 bridgehead atoms. The monoisotopic (exact) mass is 400 g/mol. The largest absolute Gasteiger partial charge is 0.487 e. The molecule has 0 unspecified atom stereocenters. The second-order valence-electron chi connectivity index (χ2n) is 6.03. The van der Waals surface area contributed by atoms with Crippen LogP contribution in [0.5, 0.6) is 5.75 Å². The number of nitrogens with one attached hydrogen (secondary N) is 1. The van der Waals surface area contributed by atoms with Crippen LogP contribution in [0.25, 0.3) is 0 Å². The van der Waals surface area contributed by atoms with Crippen LogP contribution in [0.3, 0.4) is 0 Å². The van der Waals surface area contributed by atoms with E-state index >= 15 is 0 Å². The highest BCUT2D eigenvalue weighted by molar-refractivity contribution is 7.09. The number of hydrogen-bond acceptors (Lipinski definition) is 7. The molecule has 0 atom stereocenters. The highest BCUT2D eigenvalue weighted by Gasteiger charge is 2.16. The maximum Gasteiger partial charge on any atom is 0.341 e. The number of methoxy groups -OCH3 is 1. The summed E-state index contributed by atoms with van der Waals surface area (Å²) in [6.45, 7) is 4.10. The van der Waals surface area contributed by atoms with E-state index in [2.05, 4.69) is 10.3 Å². The van der Waals surface area contributed by atoms with Gasteiger partial charge in [-0.05, 0) is 38.1 Å². The molecule has 0 aliphatic rings. The van der Waals surface area contributed by atoms with E-state index in [-0.39, 0.29) is 12.5 Å². The summed E-state index contributed by atoms with van der Waals surface area (Å²) in [7, 11) is 1.31. The summed E-state index contributed by atoms with van der Waals surface area (Å²) in [5, 5.41) is 5.69. The molecule has 0 radical (unpaired) electrons. The average Bonchev–Trinajstić information content (AvgIpc) is 3.29. The van der Waals surface area contributed by atoms with Crippen LogP contribution in [-0.4, -0.2) is 24.0 Å². The van der Waals surface area contributed by atoms with E-state index in [1.807, 2.05) is 12.3 Å². The third-order valence-electron chi connectivity index (χ3n) is 3.95. The molecular formula is C20H20N2O5S. The molecule has 3 rings (SSSR count). The smallest absolute Gasteiger partial charge is 0.341 e. The van der Waals surface area contributed by atoms with Gasteiger partial charge in [0.1, 0.15) is 29.4 Å². The summed E-state index contributed by atoms with van der Waals surface area (Å²) in [5.41, 5.74) is 1.66. The van der Waals surface area contributed by atoms with Gasteiger partial charge in [0.15, 0.2) is 0 Å². The number of aryl methyl sites for hydroxylation is 2. The number of rotatable bonds is 7. The minimum Gasteiger partial charge on any atom is -0.487 e. The minimum absolute atomic E-state index is 0.153. The Kier molecular flexibility index (Phi) is 6.10. The number of nitrogens with zero attached hydrogens (tertiary/aromatic N) is 1. The van der Waals surface area contributed by atoms with Crippen LogP contribution < -0.4 is 10.1 Å². The van der Waals surface area contributed by atoms with Gasteiger partial charge in [0.2, 0.25) is 0 Å². The van der Waals surface area contributed by atoms with Crippen LogP contribution >= 0.6 is 11.3 Å². The summed E-state index contributed by atoms with van der Waals surface area (Å²) in [6.07, 6.45) is 0. The molecule has 0 saturated heterocycles. The predicted molar refractivity (Wildman–Crippen MR) is 104 cm³/mol. The van der Waals surface area contributed by atoms with Gasteiger partial charge in [-0.25, -0.2) is 9.78 Å². The fourth-order valence-electron chi connectivity index (χ4n) is 2.57. The third kappa shape index (κ3) is 4.77. The molecule has 1 N–H and O–H groups in total. The van der Waals surface area contributed by atoms with Crippen LogP contribution in [0.4, 0.5) is 0 Å². The van der Waals surface area contributed by atoms with E-state index in [0.29, 0.717) is 35.0 Å². The molecule has 0 aliphatic heterocycles. The lowest BCUT2D eigenvalue weighted by Crippen LogP contribution is -2.22. The first-order valence-electron chi connectivity index (χ1n) is 8.56. The van der Waals surface area contributed by atoms with Gasteiger partial charge < -0.3 is 19.2 Å². The quantitative estimate of drug-likeness (QED) is 0.609. The number of carbonyl (C=O) groups is 2. The van der Waals surface area contributed by atoms with Crippen molar-refractivity contribution >= 4 is 23.2 Å². The first-order chi connectivity index (χ1) is 13.5. The number of benzene rings is 1. The number of thiazole rings is 1. The predicted octanol–water partition coefficient (Wildman–Crippen LogP) is 3.65. The normalized spacial score (nSPS) is 10.5.